The van der Waals surface area contributed by atoms with Crippen molar-refractivity contribution in [1.29, 1.82) is 0 Å². The van der Waals surface area contributed by atoms with E-state index in [1.807, 2.05) is 42.7 Å². The van der Waals surface area contributed by atoms with Gasteiger partial charge in [-0.3, -0.25) is 4.79 Å². The van der Waals surface area contributed by atoms with E-state index < -0.39 is 6.04 Å². The van der Waals surface area contributed by atoms with Gasteiger partial charge in [0.1, 0.15) is 0 Å². The first-order valence-corrected chi connectivity index (χ1v) is 7.56. The average molecular weight is 305 g/mol. The number of aryl methyl sites for hydroxylation is 1. The third kappa shape index (κ3) is 3.20. The summed E-state index contributed by atoms with van der Waals surface area (Å²) in [5.41, 5.74) is 8.72. The van der Waals surface area contributed by atoms with Gasteiger partial charge in [0.05, 0.1) is 6.04 Å². The summed E-state index contributed by atoms with van der Waals surface area (Å²) in [5.74, 6) is 0. The lowest BCUT2D eigenvalue weighted by Gasteiger charge is -2.20. The van der Waals surface area contributed by atoms with Crippen LogP contribution in [0.2, 0.25) is 5.02 Å². The van der Waals surface area contributed by atoms with Crippen molar-refractivity contribution < 1.29 is 0 Å². The van der Waals surface area contributed by atoms with Crippen molar-refractivity contribution in [2.45, 2.75) is 39.3 Å². The first-order valence-electron chi connectivity index (χ1n) is 7.18. The van der Waals surface area contributed by atoms with Gasteiger partial charge in [0.15, 0.2) is 0 Å². The molecule has 0 aliphatic rings. The topological polar surface area (TPSA) is 48.0 Å². The lowest BCUT2D eigenvalue weighted by atomic mass is 10.00. The van der Waals surface area contributed by atoms with Gasteiger partial charge in [-0.2, -0.15) is 0 Å². The summed E-state index contributed by atoms with van der Waals surface area (Å²) in [6, 6.07) is 10.8. The van der Waals surface area contributed by atoms with Crippen LogP contribution in [-0.4, -0.2) is 4.57 Å². The van der Waals surface area contributed by atoms with Gasteiger partial charge in [0.25, 0.3) is 5.56 Å². The first-order chi connectivity index (χ1) is 9.95. The maximum Gasteiger partial charge on any atom is 0.256 e. The number of pyridine rings is 1. The Bertz CT molecular complexity index is 676. The molecule has 0 radical (unpaired) electrons. The Morgan fingerprint density at radius 3 is 2.38 bits per heavy atom. The molecule has 0 saturated heterocycles. The zero-order valence-corrected chi connectivity index (χ0v) is 13.4. The van der Waals surface area contributed by atoms with E-state index in [0.29, 0.717) is 10.6 Å². The molecule has 2 rings (SSSR count). The summed E-state index contributed by atoms with van der Waals surface area (Å²) in [4.78, 5) is 12.7. The van der Waals surface area contributed by atoms with Gasteiger partial charge < -0.3 is 10.3 Å². The van der Waals surface area contributed by atoms with Gasteiger partial charge in [0.2, 0.25) is 0 Å². The summed E-state index contributed by atoms with van der Waals surface area (Å²) in [6.07, 6.45) is 0.903. The van der Waals surface area contributed by atoms with Crippen molar-refractivity contribution in [3.63, 3.8) is 0 Å². The maximum atomic E-state index is 12.7. The smallest absolute Gasteiger partial charge is 0.256 e. The van der Waals surface area contributed by atoms with Crippen molar-refractivity contribution in [3.05, 3.63) is 68.6 Å². The van der Waals surface area contributed by atoms with Gasteiger partial charge in [-0.15, -0.1) is 0 Å². The molecular weight excluding hydrogens is 284 g/mol. The van der Waals surface area contributed by atoms with Gasteiger partial charge in [-0.05, 0) is 50.1 Å². The Kier molecular flexibility index (Phi) is 4.86. The quantitative estimate of drug-likeness (QED) is 0.933. The summed E-state index contributed by atoms with van der Waals surface area (Å²) in [5, 5.41) is 0.659. The highest BCUT2D eigenvalue weighted by Gasteiger charge is 2.17. The van der Waals surface area contributed by atoms with Gasteiger partial charge in [0, 0.05) is 22.3 Å². The highest BCUT2D eigenvalue weighted by molar-refractivity contribution is 6.30. The van der Waals surface area contributed by atoms with E-state index in [-0.39, 0.29) is 11.6 Å². The molecule has 0 amide bonds. The summed E-state index contributed by atoms with van der Waals surface area (Å²) in [6.45, 7) is 6.07. The number of hydrogen-bond donors (Lipinski definition) is 1. The lowest BCUT2D eigenvalue weighted by Crippen LogP contribution is -2.31. The second kappa shape index (κ2) is 6.46. The predicted octanol–water partition coefficient (Wildman–Crippen LogP) is 3.83. The molecule has 0 aliphatic heterocycles. The molecule has 0 fully saturated rings. The highest BCUT2D eigenvalue weighted by Crippen LogP contribution is 2.20. The Morgan fingerprint density at radius 2 is 1.81 bits per heavy atom. The summed E-state index contributed by atoms with van der Waals surface area (Å²) < 4.78 is 1.82. The molecule has 3 nitrogen and oxygen atoms in total. The zero-order chi connectivity index (χ0) is 15.6. The molecule has 0 spiro atoms. The predicted molar refractivity (Wildman–Crippen MR) is 87.9 cm³/mol. The fourth-order valence-electron chi connectivity index (χ4n) is 2.48. The number of nitrogens with two attached hydrogens (primary N) is 1. The summed E-state index contributed by atoms with van der Waals surface area (Å²) >= 11 is 5.89. The van der Waals surface area contributed by atoms with Gasteiger partial charge in [-0.25, -0.2) is 0 Å². The molecular formula is C17H21ClN2O. The maximum absolute atomic E-state index is 12.7. The van der Waals surface area contributed by atoms with E-state index in [9.17, 15) is 4.79 Å². The molecule has 2 N–H and O–H groups in total. The second-order valence-electron chi connectivity index (χ2n) is 5.39. The van der Waals surface area contributed by atoms with Crippen LogP contribution >= 0.6 is 11.6 Å². The number of nitrogens with zero attached hydrogens (tertiary/aromatic N) is 1. The molecule has 1 heterocycles. The van der Waals surface area contributed by atoms with Crippen molar-refractivity contribution in [2.24, 2.45) is 5.73 Å². The minimum Gasteiger partial charge on any atom is -0.320 e. The number of benzene rings is 1. The molecule has 1 aromatic carbocycles. The third-order valence-corrected chi connectivity index (χ3v) is 4.20. The molecule has 2 atom stereocenters. The molecule has 4 heteroatoms. The van der Waals surface area contributed by atoms with E-state index in [1.165, 1.54) is 0 Å². The van der Waals surface area contributed by atoms with Crippen molar-refractivity contribution in [3.8, 4) is 0 Å². The standard InChI is InChI=1S/C17H21ClN2O/c1-4-11(2)20-12(3)5-10-15(17(20)21)16(19)13-6-8-14(18)9-7-13/h5-11,16H,4,19H2,1-3H3. The van der Waals surface area contributed by atoms with Gasteiger partial charge >= 0.3 is 0 Å². The van der Waals surface area contributed by atoms with E-state index in [1.54, 1.807) is 12.1 Å². The zero-order valence-electron chi connectivity index (χ0n) is 12.6. The van der Waals surface area contributed by atoms with Crippen LogP contribution in [0.1, 0.15) is 49.2 Å². The Balaban J connectivity index is 2.49. The van der Waals surface area contributed by atoms with E-state index in [2.05, 4.69) is 6.92 Å². The second-order valence-corrected chi connectivity index (χ2v) is 5.83. The number of aromatic nitrogens is 1. The van der Waals surface area contributed by atoms with Crippen LogP contribution in [-0.2, 0) is 0 Å². The number of rotatable bonds is 4. The molecule has 0 bridgehead atoms. The van der Waals surface area contributed by atoms with Crippen LogP contribution in [0.25, 0.3) is 0 Å². The van der Waals surface area contributed by atoms with E-state index >= 15 is 0 Å². The van der Waals surface area contributed by atoms with E-state index in [4.69, 9.17) is 17.3 Å². The van der Waals surface area contributed by atoms with Crippen LogP contribution < -0.4 is 11.3 Å². The molecule has 1 aromatic heterocycles. The third-order valence-electron chi connectivity index (χ3n) is 3.95. The average Bonchev–Trinajstić information content (AvgIpc) is 2.47. The van der Waals surface area contributed by atoms with Gasteiger partial charge in [-0.1, -0.05) is 30.7 Å². The van der Waals surface area contributed by atoms with Crippen LogP contribution in [0, 0.1) is 6.92 Å². The molecule has 21 heavy (non-hydrogen) atoms. The molecule has 0 saturated carbocycles. The Morgan fingerprint density at radius 1 is 1.19 bits per heavy atom. The SMILES string of the molecule is CCC(C)n1c(C)ccc(C(N)c2ccc(Cl)cc2)c1=O. The lowest BCUT2D eigenvalue weighted by molar-refractivity contribution is 0.497. The minimum absolute atomic E-state index is 0.00759. The minimum atomic E-state index is -0.439. The fourth-order valence-corrected chi connectivity index (χ4v) is 2.60. The number of hydrogen-bond acceptors (Lipinski definition) is 2. The monoisotopic (exact) mass is 304 g/mol. The van der Waals surface area contributed by atoms with Crippen LogP contribution in [0.3, 0.4) is 0 Å². The summed E-state index contributed by atoms with van der Waals surface area (Å²) in [7, 11) is 0. The van der Waals surface area contributed by atoms with Crippen LogP contribution in [0.5, 0.6) is 0 Å². The van der Waals surface area contributed by atoms with Crippen LogP contribution in [0.4, 0.5) is 0 Å². The Labute approximate surface area is 130 Å². The van der Waals surface area contributed by atoms with Crippen molar-refractivity contribution >= 4 is 11.6 Å². The largest absolute Gasteiger partial charge is 0.320 e. The number of halogens is 1. The first kappa shape index (κ1) is 15.8. The van der Waals surface area contributed by atoms with Crippen molar-refractivity contribution in [2.75, 3.05) is 0 Å². The fraction of sp³-hybridized carbons (Fsp3) is 0.353. The Hall–Kier alpha value is -1.58. The van der Waals surface area contributed by atoms with Crippen LogP contribution in [0.15, 0.2) is 41.2 Å². The van der Waals surface area contributed by atoms with Crippen molar-refractivity contribution in [1.82, 2.24) is 4.57 Å². The highest BCUT2D eigenvalue weighted by atomic mass is 35.5. The molecule has 2 unspecified atom stereocenters. The normalized spacial score (nSPS) is 14.0. The van der Waals surface area contributed by atoms with E-state index in [0.717, 1.165) is 17.7 Å². The molecule has 112 valence electrons. The molecule has 0 aliphatic carbocycles. The molecule has 2 aromatic rings.